The molecule has 174 valence electrons. The van der Waals surface area contributed by atoms with E-state index in [0.717, 1.165) is 35.5 Å². The van der Waals surface area contributed by atoms with Crippen molar-refractivity contribution in [2.45, 2.75) is 51.2 Å². The van der Waals surface area contributed by atoms with Crippen LogP contribution >= 0.6 is 0 Å². The molecule has 0 radical (unpaired) electrons. The van der Waals surface area contributed by atoms with Crippen molar-refractivity contribution in [3.63, 3.8) is 0 Å². The average molecular weight is 449 g/mol. The van der Waals surface area contributed by atoms with Crippen LogP contribution in [0, 0.1) is 0 Å². The number of rotatable bonds is 10. The highest BCUT2D eigenvalue weighted by atomic mass is 16.5. The highest BCUT2D eigenvalue weighted by molar-refractivity contribution is 5.44. The highest BCUT2D eigenvalue weighted by Gasteiger charge is 2.15. The number of nitrogens with zero attached hydrogens (tertiary/aromatic N) is 3. The molecule has 1 fully saturated rings. The van der Waals surface area contributed by atoms with Gasteiger partial charge in [-0.2, -0.15) is 15.0 Å². The Kier molecular flexibility index (Phi) is 7.79. The topological polar surface area (TPSA) is 93.2 Å². The predicted octanol–water partition coefficient (Wildman–Crippen LogP) is 4.86. The van der Waals surface area contributed by atoms with Gasteiger partial charge in [0.15, 0.2) is 0 Å². The van der Waals surface area contributed by atoms with E-state index in [1.807, 2.05) is 48.5 Å². The second kappa shape index (κ2) is 11.4. The van der Waals surface area contributed by atoms with Gasteiger partial charge in [-0.25, -0.2) is 0 Å². The Morgan fingerprint density at radius 2 is 1.12 bits per heavy atom. The maximum Gasteiger partial charge on any atom is 0.229 e. The summed E-state index contributed by atoms with van der Waals surface area (Å²) < 4.78 is 10.5. The number of methoxy groups -OCH3 is 2. The van der Waals surface area contributed by atoms with E-state index in [-0.39, 0.29) is 0 Å². The number of nitrogens with one attached hydrogen (secondary N) is 3. The van der Waals surface area contributed by atoms with Crippen LogP contribution in [0.5, 0.6) is 11.5 Å². The molecule has 33 heavy (non-hydrogen) atoms. The van der Waals surface area contributed by atoms with Crippen LogP contribution in [-0.2, 0) is 13.1 Å². The van der Waals surface area contributed by atoms with Crippen molar-refractivity contribution in [2.24, 2.45) is 0 Å². The fourth-order valence-corrected chi connectivity index (χ4v) is 3.88. The number of benzene rings is 2. The Labute approximate surface area is 195 Å². The Hall–Kier alpha value is -3.55. The van der Waals surface area contributed by atoms with Gasteiger partial charge in [-0.1, -0.05) is 43.5 Å². The average Bonchev–Trinajstić information content (AvgIpc) is 2.87. The van der Waals surface area contributed by atoms with E-state index in [1.165, 1.54) is 19.3 Å². The molecule has 0 atom stereocenters. The lowest BCUT2D eigenvalue weighted by molar-refractivity contribution is 0.414. The van der Waals surface area contributed by atoms with Crippen molar-refractivity contribution in [3.8, 4) is 11.5 Å². The van der Waals surface area contributed by atoms with E-state index in [1.54, 1.807) is 14.2 Å². The molecule has 2 aromatic carbocycles. The maximum atomic E-state index is 5.23. The van der Waals surface area contributed by atoms with E-state index < -0.39 is 0 Å². The third-order valence-corrected chi connectivity index (χ3v) is 5.79. The van der Waals surface area contributed by atoms with Gasteiger partial charge in [0, 0.05) is 19.1 Å². The smallest absolute Gasteiger partial charge is 0.229 e. The first-order valence-corrected chi connectivity index (χ1v) is 11.5. The van der Waals surface area contributed by atoms with E-state index >= 15 is 0 Å². The molecule has 1 aliphatic rings. The minimum Gasteiger partial charge on any atom is -0.497 e. The van der Waals surface area contributed by atoms with Crippen LogP contribution in [0.2, 0.25) is 0 Å². The van der Waals surface area contributed by atoms with E-state index in [4.69, 9.17) is 9.47 Å². The zero-order valence-corrected chi connectivity index (χ0v) is 19.3. The van der Waals surface area contributed by atoms with Gasteiger partial charge in [-0.15, -0.1) is 0 Å². The summed E-state index contributed by atoms with van der Waals surface area (Å²) in [7, 11) is 3.33. The normalized spacial score (nSPS) is 13.9. The maximum absolute atomic E-state index is 5.23. The lowest BCUT2D eigenvalue weighted by Crippen LogP contribution is -2.24. The van der Waals surface area contributed by atoms with E-state index in [9.17, 15) is 0 Å². The third-order valence-electron chi connectivity index (χ3n) is 5.79. The Bertz CT molecular complexity index is 935. The molecule has 3 N–H and O–H groups in total. The summed E-state index contributed by atoms with van der Waals surface area (Å²) >= 11 is 0. The second-order valence-electron chi connectivity index (χ2n) is 8.19. The third kappa shape index (κ3) is 6.71. The summed E-state index contributed by atoms with van der Waals surface area (Å²) in [6.07, 6.45) is 6.09. The molecule has 1 saturated carbocycles. The van der Waals surface area contributed by atoms with Gasteiger partial charge in [0.05, 0.1) is 14.2 Å². The summed E-state index contributed by atoms with van der Waals surface area (Å²) in [6.45, 7) is 1.21. The van der Waals surface area contributed by atoms with Crippen molar-refractivity contribution < 1.29 is 9.47 Å². The molecule has 0 amide bonds. The monoisotopic (exact) mass is 448 g/mol. The summed E-state index contributed by atoms with van der Waals surface area (Å²) in [4.78, 5) is 13.8. The van der Waals surface area contributed by atoms with Gasteiger partial charge in [-0.3, -0.25) is 0 Å². The molecule has 0 bridgehead atoms. The Balaban J connectivity index is 1.46. The molecular weight excluding hydrogens is 416 g/mol. The Morgan fingerprint density at radius 1 is 0.667 bits per heavy atom. The van der Waals surface area contributed by atoms with Crippen LogP contribution < -0.4 is 25.4 Å². The highest BCUT2D eigenvalue weighted by Crippen LogP contribution is 2.22. The number of anilines is 3. The first-order chi connectivity index (χ1) is 16.2. The molecule has 4 rings (SSSR count). The molecule has 1 aliphatic carbocycles. The van der Waals surface area contributed by atoms with Gasteiger partial charge >= 0.3 is 0 Å². The van der Waals surface area contributed by atoms with Crippen molar-refractivity contribution in [1.82, 2.24) is 15.0 Å². The van der Waals surface area contributed by atoms with Crippen molar-refractivity contribution in [1.29, 1.82) is 0 Å². The minimum atomic E-state index is 0.407. The standard InChI is InChI=1S/C25H32N6O2/c1-32-21-12-8-18(9-13-21)16-26-23-29-24(27-17-19-10-14-22(33-2)15-11-19)31-25(30-23)28-20-6-4-3-5-7-20/h8-15,20H,3-7,16-17H2,1-2H3,(H3,26,27,28,29,30,31). The van der Waals surface area contributed by atoms with Crippen LogP contribution in [-0.4, -0.2) is 35.2 Å². The lowest BCUT2D eigenvalue weighted by Gasteiger charge is -2.23. The number of hydrogen-bond donors (Lipinski definition) is 3. The zero-order chi connectivity index (χ0) is 22.9. The summed E-state index contributed by atoms with van der Waals surface area (Å²) in [5.41, 5.74) is 2.23. The number of ether oxygens (including phenoxy) is 2. The molecule has 3 aromatic rings. The summed E-state index contributed by atoms with van der Waals surface area (Å²) in [5.74, 6) is 3.35. The molecular formula is C25H32N6O2. The van der Waals surface area contributed by atoms with Crippen LogP contribution in [0.1, 0.15) is 43.2 Å². The van der Waals surface area contributed by atoms with Gasteiger partial charge < -0.3 is 25.4 Å². The molecule has 0 saturated heterocycles. The van der Waals surface area contributed by atoms with Crippen molar-refractivity contribution >= 4 is 17.8 Å². The SMILES string of the molecule is COc1ccc(CNc2nc(NCc3ccc(OC)cc3)nc(NC3CCCCC3)n2)cc1. The molecule has 0 unspecified atom stereocenters. The first kappa shape index (κ1) is 22.6. The predicted molar refractivity (Wildman–Crippen MR) is 131 cm³/mol. The van der Waals surface area contributed by atoms with Gasteiger partial charge in [-0.05, 0) is 48.2 Å². The van der Waals surface area contributed by atoms with E-state index in [2.05, 4.69) is 30.9 Å². The van der Waals surface area contributed by atoms with Gasteiger partial charge in [0.1, 0.15) is 11.5 Å². The Morgan fingerprint density at radius 3 is 1.58 bits per heavy atom. The fourth-order valence-electron chi connectivity index (χ4n) is 3.88. The first-order valence-electron chi connectivity index (χ1n) is 11.5. The molecule has 8 nitrogen and oxygen atoms in total. The second-order valence-corrected chi connectivity index (χ2v) is 8.19. The largest absolute Gasteiger partial charge is 0.497 e. The number of aromatic nitrogens is 3. The van der Waals surface area contributed by atoms with E-state index in [0.29, 0.717) is 37.0 Å². The molecule has 1 heterocycles. The lowest BCUT2D eigenvalue weighted by atomic mass is 9.96. The van der Waals surface area contributed by atoms with Crippen molar-refractivity contribution in [3.05, 3.63) is 59.7 Å². The summed E-state index contributed by atoms with van der Waals surface area (Å²) in [6, 6.07) is 16.3. The molecule has 0 aliphatic heterocycles. The molecule has 1 aromatic heterocycles. The minimum absolute atomic E-state index is 0.407. The van der Waals surface area contributed by atoms with Gasteiger partial charge in [0.25, 0.3) is 0 Å². The van der Waals surface area contributed by atoms with Crippen LogP contribution in [0.25, 0.3) is 0 Å². The van der Waals surface area contributed by atoms with Crippen LogP contribution in [0.15, 0.2) is 48.5 Å². The zero-order valence-electron chi connectivity index (χ0n) is 19.3. The van der Waals surface area contributed by atoms with Crippen LogP contribution in [0.4, 0.5) is 17.8 Å². The van der Waals surface area contributed by atoms with Gasteiger partial charge in [0.2, 0.25) is 17.8 Å². The molecule has 0 spiro atoms. The molecule has 8 heteroatoms. The fraction of sp³-hybridized carbons (Fsp3) is 0.400. The quantitative estimate of drug-likeness (QED) is 0.405. The summed E-state index contributed by atoms with van der Waals surface area (Å²) in [5, 5.41) is 10.2. The van der Waals surface area contributed by atoms with Crippen LogP contribution in [0.3, 0.4) is 0 Å². The number of hydrogen-bond acceptors (Lipinski definition) is 8. The van der Waals surface area contributed by atoms with Crippen molar-refractivity contribution in [2.75, 3.05) is 30.2 Å².